The van der Waals surface area contributed by atoms with Crippen molar-refractivity contribution in [2.24, 2.45) is 4.99 Å². The van der Waals surface area contributed by atoms with Crippen LogP contribution in [0.1, 0.15) is 11.1 Å². The van der Waals surface area contributed by atoms with Gasteiger partial charge in [-0.25, -0.2) is 13.2 Å². The van der Waals surface area contributed by atoms with Gasteiger partial charge in [0.15, 0.2) is 5.96 Å². The molecule has 2 aromatic rings. The summed E-state index contributed by atoms with van der Waals surface area (Å²) in [4.78, 5) is 4.02. The maximum absolute atomic E-state index is 13.5. The molecule has 0 spiro atoms. The average Bonchev–Trinajstić information content (AvgIpc) is 2.51. The lowest BCUT2D eigenvalue weighted by Gasteiger charge is -2.12. The predicted octanol–water partition coefficient (Wildman–Crippen LogP) is 3.63. The number of rotatable bonds is 5. The smallest absolute Gasteiger partial charge is 0.191 e. The van der Waals surface area contributed by atoms with Gasteiger partial charge in [0, 0.05) is 31.8 Å². The van der Waals surface area contributed by atoms with Crippen LogP contribution in [-0.2, 0) is 13.0 Å². The van der Waals surface area contributed by atoms with E-state index in [0.29, 0.717) is 36.6 Å². The van der Waals surface area contributed by atoms with Crippen molar-refractivity contribution in [1.29, 1.82) is 0 Å². The monoisotopic (exact) mass is 449 g/mol. The minimum absolute atomic E-state index is 0. The minimum Gasteiger partial charge on any atom is -0.356 e. The Kier molecular flexibility index (Phi) is 8.59. The lowest BCUT2D eigenvalue weighted by atomic mass is 10.1. The molecule has 0 saturated carbocycles. The van der Waals surface area contributed by atoms with Gasteiger partial charge in [-0.2, -0.15) is 0 Å². The van der Waals surface area contributed by atoms with Crippen LogP contribution in [0.15, 0.2) is 47.5 Å². The van der Waals surface area contributed by atoms with Crippen LogP contribution in [-0.4, -0.2) is 19.6 Å². The second-order valence-corrected chi connectivity index (χ2v) is 4.97. The molecule has 0 atom stereocenters. The fourth-order valence-corrected chi connectivity index (χ4v) is 2.12. The van der Waals surface area contributed by atoms with Crippen LogP contribution in [0.25, 0.3) is 0 Å². The summed E-state index contributed by atoms with van der Waals surface area (Å²) in [6.07, 6.45) is 0.440. The van der Waals surface area contributed by atoms with Crippen LogP contribution in [0.2, 0.25) is 0 Å². The highest BCUT2D eigenvalue weighted by Crippen LogP contribution is 2.08. The van der Waals surface area contributed by atoms with Crippen LogP contribution in [0.4, 0.5) is 13.2 Å². The minimum atomic E-state index is -0.595. The van der Waals surface area contributed by atoms with E-state index in [9.17, 15) is 13.2 Å². The van der Waals surface area contributed by atoms with E-state index in [1.807, 2.05) is 0 Å². The molecule has 24 heavy (non-hydrogen) atoms. The summed E-state index contributed by atoms with van der Waals surface area (Å²) < 4.78 is 39.7. The van der Waals surface area contributed by atoms with Gasteiger partial charge in [0.05, 0.1) is 0 Å². The highest BCUT2D eigenvalue weighted by molar-refractivity contribution is 14.0. The second-order valence-electron chi connectivity index (χ2n) is 4.97. The third kappa shape index (κ3) is 6.38. The van der Waals surface area contributed by atoms with Crippen molar-refractivity contribution in [3.8, 4) is 0 Å². The van der Waals surface area contributed by atoms with Crippen molar-refractivity contribution < 1.29 is 13.2 Å². The fourth-order valence-electron chi connectivity index (χ4n) is 2.12. The first-order valence-electron chi connectivity index (χ1n) is 7.21. The van der Waals surface area contributed by atoms with Crippen molar-refractivity contribution in [3.63, 3.8) is 0 Å². The third-order valence-electron chi connectivity index (χ3n) is 3.26. The zero-order valence-electron chi connectivity index (χ0n) is 13.2. The lowest BCUT2D eigenvalue weighted by Crippen LogP contribution is -2.38. The van der Waals surface area contributed by atoms with Gasteiger partial charge < -0.3 is 10.6 Å². The summed E-state index contributed by atoms with van der Waals surface area (Å²) in [6.45, 7) is 0.737. The van der Waals surface area contributed by atoms with E-state index in [-0.39, 0.29) is 29.8 Å². The van der Waals surface area contributed by atoms with Crippen LogP contribution in [0.3, 0.4) is 0 Å². The topological polar surface area (TPSA) is 36.4 Å². The molecule has 0 radical (unpaired) electrons. The van der Waals surface area contributed by atoms with E-state index < -0.39 is 11.6 Å². The first kappa shape index (κ1) is 20.3. The van der Waals surface area contributed by atoms with E-state index in [2.05, 4.69) is 15.6 Å². The predicted molar refractivity (Wildman–Crippen MR) is 100 cm³/mol. The Morgan fingerprint density at radius 2 is 1.67 bits per heavy atom. The van der Waals surface area contributed by atoms with E-state index in [1.165, 1.54) is 18.2 Å². The Balaban J connectivity index is 0.00000288. The van der Waals surface area contributed by atoms with Gasteiger partial charge in [-0.05, 0) is 30.2 Å². The molecule has 7 heteroatoms. The molecule has 0 heterocycles. The number of guanidine groups is 1. The lowest BCUT2D eigenvalue weighted by molar-refractivity contribution is 0.579. The van der Waals surface area contributed by atoms with Crippen molar-refractivity contribution in [2.75, 3.05) is 13.6 Å². The highest BCUT2D eigenvalue weighted by Gasteiger charge is 2.04. The molecule has 2 N–H and O–H groups in total. The molecule has 0 aliphatic heterocycles. The first-order chi connectivity index (χ1) is 11.1. The van der Waals surface area contributed by atoms with Crippen LogP contribution < -0.4 is 10.6 Å². The second kappa shape index (κ2) is 10.2. The maximum Gasteiger partial charge on any atom is 0.191 e. The van der Waals surface area contributed by atoms with Crippen LogP contribution in [0, 0.1) is 17.5 Å². The van der Waals surface area contributed by atoms with Gasteiger partial charge in [0.2, 0.25) is 0 Å². The Morgan fingerprint density at radius 1 is 1.00 bits per heavy atom. The summed E-state index contributed by atoms with van der Waals surface area (Å²) in [5.74, 6) is -0.986. The molecule has 0 saturated heterocycles. The van der Waals surface area contributed by atoms with Gasteiger partial charge in [-0.1, -0.05) is 18.2 Å². The number of hydrogen-bond donors (Lipinski definition) is 2. The average molecular weight is 449 g/mol. The van der Waals surface area contributed by atoms with E-state index >= 15 is 0 Å². The Bertz CT molecular complexity index is 672. The van der Waals surface area contributed by atoms with Crippen molar-refractivity contribution >= 4 is 29.9 Å². The molecule has 0 aromatic heterocycles. The molecule has 0 bridgehead atoms. The summed E-state index contributed by atoms with van der Waals surface area (Å²) in [5.41, 5.74) is 1.09. The van der Waals surface area contributed by atoms with Crippen LogP contribution >= 0.6 is 24.0 Å². The molecule has 0 fully saturated rings. The van der Waals surface area contributed by atoms with Crippen molar-refractivity contribution in [1.82, 2.24) is 10.6 Å². The standard InChI is InChI=1S/C17H18F3N3.HI/c1-21-17(23-11-13-4-2-3-5-16(13)20)22-7-6-12-8-14(18)10-15(19)9-12;/h2-5,8-10H,6-7,11H2,1H3,(H2,21,22,23);1H. The molecule has 130 valence electrons. The van der Waals surface area contributed by atoms with Crippen molar-refractivity contribution in [2.45, 2.75) is 13.0 Å². The largest absolute Gasteiger partial charge is 0.356 e. The number of nitrogens with zero attached hydrogens (tertiary/aromatic N) is 1. The number of benzene rings is 2. The molecule has 0 aliphatic carbocycles. The molecule has 2 aromatic carbocycles. The summed E-state index contributed by atoms with van der Waals surface area (Å²) >= 11 is 0. The Morgan fingerprint density at radius 3 is 2.29 bits per heavy atom. The van der Waals surface area contributed by atoms with Crippen molar-refractivity contribution in [3.05, 3.63) is 71.0 Å². The number of aliphatic imine (C=N–C) groups is 1. The van der Waals surface area contributed by atoms with Gasteiger partial charge in [-0.3, -0.25) is 4.99 Å². The SMILES string of the molecule is CN=C(NCCc1cc(F)cc(F)c1)NCc1ccccc1F.I. The zero-order valence-corrected chi connectivity index (χ0v) is 15.5. The normalized spacial score (nSPS) is 10.9. The molecule has 3 nitrogen and oxygen atoms in total. The first-order valence-corrected chi connectivity index (χ1v) is 7.21. The summed E-state index contributed by atoms with van der Waals surface area (Å²) in [7, 11) is 1.60. The number of nitrogens with one attached hydrogen (secondary N) is 2. The zero-order chi connectivity index (χ0) is 16.7. The van der Waals surface area contributed by atoms with Gasteiger partial charge in [0.25, 0.3) is 0 Å². The quantitative estimate of drug-likeness (QED) is 0.416. The highest BCUT2D eigenvalue weighted by atomic mass is 127. The molecular weight excluding hydrogens is 430 g/mol. The maximum atomic E-state index is 13.5. The van der Waals surface area contributed by atoms with Gasteiger partial charge in [-0.15, -0.1) is 24.0 Å². The molecular formula is C17H19F3IN3. The van der Waals surface area contributed by atoms with E-state index in [0.717, 1.165) is 6.07 Å². The summed E-state index contributed by atoms with van der Waals surface area (Å²) in [5, 5.41) is 6.00. The molecule has 0 amide bonds. The molecule has 2 rings (SSSR count). The molecule has 0 unspecified atom stereocenters. The number of halogens is 4. The van der Waals surface area contributed by atoms with E-state index in [4.69, 9.17) is 0 Å². The van der Waals surface area contributed by atoms with Gasteiger partial charge in [0.1, 0.15) is 17.5 Å². The third-order valence-corrected chi connectivity index (χ3v) is 3.26. The number of hydrogen-bond acceptors (Lipinski definition) is 1. The molecule has 0 aliphatic rings. The van der Waals surface area contributed by atoms with E-state index in [1.54, 1.807) is 25.2 Å². The Hall–Kier alpha value is -1.77. The van der Waals surface area contributed by atoms with Crippen LogP contribution in [0.5, 0.6) is 0 Å². The summed E-state index contributed by atoms with van der Waals surface area (Å²) in [6, 6.07) is 9.89. The fraction of sp³-hybridized carbons (Fsp3) is 0.235. The Labute approximate surface area is 156 Å². The van der Waals surface area contributed by atoms with Gasteiger partial charge >= 0.3 is 0 Å².